The summed E-state index contributed by atoms with van der Waals surface area (Å²) in [5, 5.41) is 9.69. The minimum Gasteiger partial charge on any atom is -0.493 e. The number of carboxylic acid groups (broad SMARTS) is 1. The predicted molar refractivity (Wildman–Crippen MR) is 146 cm³/mol. The number of halogens is 1. The average Bonchev–Trinajstić information content (AvgIpc) is 2.87. The van der Waals surface area contributed by atoms with Crippen LogP contribution in [-0.4, -0.2) is 35.8 Å². The molecular formula is C31H35FN2O3. The highest BCUT2D eigenvalue weighted by Gasteiger charge is 2.26. The Bertz CT molecular complexity index is 1280. The lowest BCUT2D eigenvalue weighted by Gasteiger charge is -2.35. The van der Waals surface area contributed by atoms with Gasteiger partial charge in [0, 0.05) is 42.0 Å². The number of carboxylic acids is 1. The Hall–Kier alpha value is -3.67. The zero-order chi connectivity index (χ0) is 26.5. The summed E-state index contributed by atoms with van der Waals surface area (Å²) < 4.78 is 19.1. The maximum absolute atomic E-state index is 13.1. The number of aliphatic carboxylic acids is 1. The van der Waals surface area contributed by atoms with E-state index in [1.807, 2.05) is 38.1 Å². The van der Waals surface area contributed by atoms with Gasteiger partial charge in [-0.15, -0.1) is 0 Å². The van der Waals surface area contributed by atoms with Crippen LogP contribution in [0, 0.1) is 19.7 Å². The fourth-order valence-corrected chi connectivity index (χ4v) is 5.08. The number of carbonyl (C=O) groups is 1. The molecule has 2 heterocycles. The fourth-order valence-electron chi connectivity index (χ4n) is 5.08. The molecule has 1 aliphatic rings. The zero-order valence-electron chi connectivity index (χ0n) is 22.1. The second-order valence-corrected chi connectivity index (χ2v) is 9.90. The van der Waals surface area contributed by atoms with Crippen molar-refractivity contribution in [1.82, 2.24) is 4.98 Å². The van der Waals surface area contributed by atoms with Crippen molar-refractivity contribution in [2.45, 2.75) is 53.4 Å². The van der Waals surface area contributed by atoms with Gasteiger partial charge in [-0.3, -0.25) is 9.78 Å². The molecule has 1 aromatic heterocycles. The van der Waals surface area contributed by atoms with Crippen molar-refractivity contribution >= 4 is 11.7 Å². The summed E-state index contributed by atoms with van der Waals surface area (Å²) in [5.74, 6) is -0.344. The van der Waals surface area contributed by atoms with Crippen LogP contribution in [0.25, 0.3) is 11.1 Å². The monoisotopic (exact) mass is 502 g/mol. The van der Waals surface area contributed by atoms with Gasteiger partial charge in [0.15, 0.2) is 0 Å². The summed E-state index contributed by atoms with van der Waals surface area (Å²) in [6.07, 6.45) is 2.59. The van der Waals surface area contributed by atoms with Crippen LogP contribution in [0.15, 0.2) is 59.7 Å². The lowest BCUT2D eigenvalue weighted by Crippen LogP contribution is -2.33. The molecule has 1 N–H and O–H groups in total. The van der Waals surface area contributed by atoms with Gasteiger partial charge in [-0.1, -0.05) is 35.4 Å². The minimum atomic E-state index is -0.854. The van der Waals surface area contributed by atoms with Crippen molar-refractivity contribution < 1.29 is 19.0 Å². The quantitative estimate of drug-likeness (QED) is 0.348. The summed E-state index contributed by atoms with van der Waals surface area (Å²) in [6.45, 7) is 10.4. The third kappa shape index (κ3) is 6.37. The Labute approximate surface area is 218 Å². The molecule has 0 radical (unpaired) electrons. The van der Waals surface area contributed by atoms with Gasteiger partial charge in [-0.05, 0) is 75.9 Å². The molecule has 4 rings (SSSR count). The van der Waals surface area contributed by atoms with E-state index in [9.17, 15) is 14.3 Å². The molecule has 0 atom stereocenters. The number of nitrogens with zero attached hydrogens (tertiary/aromatic N) is 2. The highest BCUT2D eigenvalue weighted by atomic mass is 19.1. The molecule has 0 amide bonds. The first-order chi connectivity index (χ1) is 17.7. The Morgan fingerprint density at radius 2 is 1.65 bits per heavy atom. The molecule has 0 aliphatic carbocycles. The van der Waals surface area contributed by atoms with Gasteiger partial charge in [0.1, 0.15) is 11.6 Å². The van der Waals surface area contributed by atoms with E-state index in [-0.39, 0.29) is 12.2 Å². The maximum Gasteiger partial charge on any atom is 0.307 e. The van der Waals surface area contributed by atoms with Crippen molar-refractivity contribution in [1.29, 1.82) is 0 Å². The molecule has 2 aromatic carbocycles. The van der Waals surface area contributed by atoms with Gasteiger partial charge >= 0.3 is 5.97 Å². The Morgan fingerprint density at radius 1 is 1.00 bits per heavy atom. The van der Waals surface area contributed by atoms with Crippen molar-refractivity contribution in [2.24, 2.45) is 0 Å². The predicted octanol–water partition coefficient (Wildman–Crippen LogP) is 6.69. The third-order valence-corrected chi connectivity index (χ3v) is 7.09. The minimum absolute atomic E-state index is 0.0575. The van der Waals surface area contributed by atoms with Crippen LogP contribution >= 0.6 is 0 Å². The van der Waals surface area contributed by atoms with E-state index in [4.69, 9.17) is 9.72 Å². The van der Waals surface area contributed by atoms with Crippen molar-refractivity contribution in [2.75, 3.05) is 24.6 Å². The summed E-state index contributed by atoms with van der Waals surface area (Å²) in [5.41, 5.74) is 9.30. The molecule has 3 aromatic rings. The zero-order valence-corrected chi connectivity index (χ0v) is 22.1. The van der Waals surface area contributed by atoms with E-state index < -0.39 is 5.97 Å². The first kappa shape index (κ1) is 26.4. The highest BCUT2D eigenvalue weighted by molar-refractivity contribution is 5.86. The number of allylic oxidation sites excluding steroid dienone is 1. The van der Waals surface area contributed by atoms with E-state index in [0.717, 1.165) is 71.0 Å². The molecule has 6 heteroatoms. The molecule has 5 nitrogen and oxygen atoms in total. The molecule has 0 unspecified atom stereocenters. The molecule has 0 spiro atoms. The van der Waals surface area contributed by atoms with E-state index in [1.54, 1.807) is 12.1 Å². The van der Waals surface area contributed by atoms with Crippen LogP contribution in [0.1, 0.15) is 49.2 Å². The number of hydrogen-bond donors (Lipinski definition) is 1. The smallest absolute Gasteiger partial charge is 0.307 e. The molecular weight excluding hydrogens is 467 g/mol. The third-order valence-electron chi connectivity index (χ3n) is 7.09. The maximum atomic E-state index is 13.1. The van der Waals surface area contributed by atoms with Gasteiger partial charge < -0.3 is 14.7 Å². The summed E-state index contributed by atoms with van der Waals surface area (Å²) in [6, 6.07) is 14.4. The molecule has 1 fully saturated rings. The van der Waals surface area contributed by atoms with Gasteiger partial charge in [-0.2, -0.15) is 0 Å². The van der Waals surface area contributed by atoms with E-state index in [0.29, 0.717) is 13.0 Å². The Balaban J connectivity index is 1.61. The van der Waals surface area contributed by atoms with Crippen LogP contribution in [-0.2, 0) is 17.6 Å². The number of benzene rings is 2. The first-order valence-corrected chi connectivity index (χ1v) is 12.8. The molecule has 0 saturated carbocycles. The van der Waals surface area contributed by atoms with Crippen LogP contribution < -0.4 is 9.64 Å². The number of aryl methyl sites for hydroxylation is 2. The van der Waals surface area contributed by atoms with E-state index in [2.05, 4.69) is 18.7 Å². The molecule has 1 saturated heterocycles. The number of ether oxygens (including phenoxy) is 1. The van der Waals surface area contributed by atoms with Crippen LogP contribution in [0.5, 0.6) is 5.75 Å². The van der Waals surface area contributed by atoms with Crippen LogP contribution in [0.4, 0.5) is 10.1 Å². The largest absolute Gasteiger partial charge is 0.493 e. The lowest BCUT2D eigenvalue weighted by molar-refractivity contribution is -0.136. The Kier molecular flexibility index (Phi) is 8.27. The number of rotatable bonds is 8. The molecule has 194 valence electrons. The van der Waals surface area contributed by atoms with Crippen LogP contribution in [0.3, 0.4) is 0 Å². The van der Waals surface area contributed by atoms with Crippen molar-refractivity contribution in [3.05, 3.63) is 88.0 Å². The number of aromatic nitrogens is 1. The summed E-state index contributed by atoms with van der Waals surface area (Å²) in [7, 11) is 0. The molecule has 1 aliphatic heterocycles. The van der Waals surface area contributed by atoms with E-state index >= 15 is 0 Å². The van der Waals surface area contributed by atoms with Gasteiger partial charge in [0.05, 0.1) is 18.7 Å². The SMILES string of the molecule is CC(C)=C1CCN(c2c(CC(=O)O)c(C)nc(C)c2-c2ccc(OCCc3ccc(F)cc3)cc2)CC1. The lowest BCUT2D eigenvalue weighted by atomic mass is 9.92. The molecule has 37 heavy (non-hydrogen) atoms. The van der Waals surface area contributed by atoms with Crippen molar-refractivity contribution in [3.8, 4) is 16.9 Å². The Morgan fingerprint density at radius 3 is 2.24 bits per heavy atom. The second-order valence-electron chi connectivity index (χ2n) is 9.90. The average molecular weight is 503 g/mol. The fraction of sp³-hybridized carbons (Fsp3) is 0.355. The number of pyridine rings is 1. The summed E-state index contributed by atoms with van der Waals surface area (Å²) in [4.78, 5) is 18.9. The normalized spacial score (nSPS) is 13.5. The van der Waals surface area contributed by atoms with Crippen LogP contribution in [0.2, 0.25) is 0 Å². The van der Waals surface area contributed by atoms with Gasteiger partial charge in [-0.25, -0.2) is 4.39 Å². The first-order valence-electron chi connectivity index (χ1n) is 12.8. The highest BCUT2D eigenvalue weighted by Crippen LogP contribution is 2.40. The topological polar surface area (TPSA) is 62.7 Å². The number of piperidine rings is 1. The standard InChI is InChI=1S/C31H35FN2O3/c1-20(2)24-13-16-34(17-14-24)31-28(19-29(35)36)21(3)33-22(4)30(31)25-7-11-27(12-8-25)37-18-15-23-5-9-26(32)10-6-23/h5-12H,13-19H2,1-4H3,(H,35,36). The molecule has 0 bridgehead atoms. The number of hydrogen-bond acceptors (Lipinski definition) is 4. The number of anilines is 1. The van der Waals surface area contributed by atoms with Gasteiger partial charge in [0.2, 0.25) is 0 Å². The van der Waals surface area contributed by atoms with Crippen molar-refractivity contribution in [3.63, 3.8) is 0 Å². The van der Waals surface area contributed by atoms with E-state index in [1.165, 1.54) is 23.3 Å². The summed E-state index contributed by atoms with van der Waals surface area (Å²) >= 11 is 0. The second kappa shape index (κ2) is 11.6. The van der Waals surface area contributed by atoms with Gasteiger partial charge in [0.25, 0.3) is 0 Å².